The molecule has 5 heteroatoms. The molecule has 2 N–H and O–H groups in total. The lowest BCUT2D eigenvalue weighted by atomic mass is 10.2. The number of hydrogen-bond acceptors (Lipinski definition) is 4. The zero-order valence-corrected chi connectivity index (χ0v) is 10.9. The van der Waals surface area contributed by atoms with Crippen LogP contribution in [0.1, 0.15) is 19.4 Å². The molecule has 2 heterocycles. The van der Waals surface area contributed by atoms with Gasteiger partial charge >= 0.3 is 0 Å². The highest BCUT2D eigenvalue weighted by Crippen LogP contribution is 2.18. The molecule has 0 spiro atoms. The molecule has 2 atom stereocenters. The molecule has 92 valence electrons. The average Bonchev–Trinajstić information content (AvgIpc) is 2.28. The van der Waals surface area contributed by atoms with Crippen LogP contribution in [0.2, 0.25) is 0 Å². The number of hydrogen-bond donors (Lipinski definition) is 1. The summed E-state index contributed by atoms with van der Waals surface area (Å²) < 4.78 is 5.69. The summed E-state index contributed by atoms with van der Waals surface area (Å²) in [6, 6.07) is 3.87. The SMILES string of the molecule is C[C@@H]1CN(c2ccc(C(N)=S)cn2)C[C@H](C)O1. The molecule has 0 saturated carbocycles. The van der Waals surface area contributed by atoms with E-state index in [0.29, 0.717) is 4.99 Å². The van der Waals surface area contributed by atoms with Crippen molar-refractivity contribution < 1.29 is 4.74 Å². The average molecular weight is 251 g/mol. The summed E-state index contributed by atoms with van der Waals surface area (Å²) in [6.07, 6.45) is 2.19. The van der Waals surface area contributed by atoms with E-state index in [9.17, 15) is 0 Å². The van der Waals surface area contributed by atoms with Crippen LogP contribution in [-0.4, -0.2) is 35.3 Å². The minimum atomic E-state index is 0.232. The lowest BCUT2D eigenvalue weighted by Gasteiger charge is -2.36. The molecule has 0 bridgehead atoms. The van der Waals surface area contributed by atoms with Gasteiger partial charge in [0.1, 0.15) is 10.8 Å². The van der Waals surface area contributed by atoms with Crippen molar-refractivity contribution in [2.45, 2.75) is 26.1 Å². The first-order valence-electron chi connectivity index (χ1n) is 5.72. The van der Waals surface area contributed by atoms with Crippen molar-refractivity contribution in [3.05, 3.63) is 23.9 Å². The molecule has 0 radical (unpaired) electrons. The Kier molecular flexibility index (Phi) is 3.59. The molecule has 0 unspecified atom stereocenters. The normalized spacial score (nSPS) is 24.7. The second-order valence-corrected chi connectivity index (χ2v) is 4.87. The van der Waals surface area contributed by atoms with E-state index < -0.39 is 0 Å². The monoisotopic (exact) mass is 251 g/mol. The molecular formula is C12H17N3OS. The van der Waals surface area contributed by atoms with Gasteiger partial charge in [-0.25, -0.2) is 4.98 Å². The van der Waals surface area contributed by atoms with Gasteiger partial charge in [0.2, 0.25) is 0 Å². The maximum atomic E-state index is 5.69. The molecule has 0 aromatic carbocycles. The summed E-state index contributed by atoms with van der Waals surface area (Å²) in [7, 11) is 0. The number of pyridine rings is 1. The Hall–Kier alpha value is -1.20. The minimum absolute atomic E-state index is 0.232. The number of aromatic nitrogens is 1. The molecular weight excluding hydrogens is 234 g/mol. The minimum Gasteiger partial charge on any atom is -0.389 e. The van der Waals surface area contributed by atoms with Gasteiger partial charge in [0.25, 0.3) is 0 Å². The molecule has 4 nitrogen and oxygen atoms in total. The first-order valence-corrected chi connectivity index (χ1v) is 6.13. The van der Waals surface area contributed by atoms with Gasteiger partial charge in [-0.15, -0.1) is 0 Å². The van der Waals surface area contributed by atoms with Crippen LogP contribution in [-0.2, 0) is 4.74 Å². The quantitative estimate of drug-likeness (QED) is 0.804. The van der Waals surface area contributed by atoms with Gasteiger partial charge in [-0.2, -0.15) is 0 Å². The highest BCUT2D eigenvalue weighted by atomic mass is 32.1. The fourth-order valence-corrected chi connectivity index (χ4v) is 2.20. The van der Waals surface area contributed by atoms with Crippen molar-refractivity contribution in [3.63, 3.8) is 0 Å². The third kappa shape index (κ3) is 2.92. The summed E-state index contributed by atoms with van der Waals surface area (Å²) in [5.41, 5.74) is 6.35. The highest BCUT2D eigenvalue weighted by Gasteiger charge is 2.22. The Balaban J connectivity index is 2.14. The largest absolute Gasteiger partial charge is 0.389 e. The van der Waals surface area contributed by atoms with Gasteiger partial charge < -0.3 is 15.4 Å². The van der Waals surface area contributed by atoms with E-state index in [1.165, 1.54) is 0 Å². The molecule has 1 saturated heterocycles. The van der Waals surface area contributed by atoms with Crippen LogP contribution in [0.4, 0.5) is 5.82 Å². The molecule has 1 aliphatic heterocycles. The molecule has 17 heavy (non-hydrogen) atoms. The van der Waals surface area contributed by atoms with Crippen molar-refractivity contribution in [1.29, 1.82) is 0 Å². The molecule has 1 aromatic heterocycles. The number of ether oxygens (including phenoxy) is 1. The smallest absolute Gasteiger partial charge is 0.128 e. The highest BCUT2D eigenvalue weighted by molar-refractivity contribution is 7.80. The van der Waals surface area contributed by atoms with E-state index in [1.54, 1.807) is 6.20 Å². The molecule has 1 aliphatic rings. The molecule has 1 aromatic rings. The summed E-state index contributed by atoms with van der Waals surface area (Å²) in [4.78, 5) is 7.00. The van der Waals surface area contributed by atoms with Crippen LogP contribution in [0.25, 0.3) is 0 Å². The van der Waals surface area contributed by atoms with Gasteiger partial charge in [0.15, 0.2) is 0 Å². The Morgan fingerprint density at radius 2 is 2.06 bits per heavy atom. The number of rotatable bonds is 2. The van der Waals surface area contributed by atoms with E-state index in [2.05, 4.69) is 23.7 Å². The molecule has 1 fully saturated rings. The van der Waals surface area contributed by atoms with Crippen LogP contribution in [0.3, 0.4) is 0 Å². The first kappa shape index (κ1) is 12.3. The van der Waals surface area contributed by atoms with E-state index >= 15 is 0 Å². The van der Waals surface area contributed by atoms with E-state index in [0.717, 1.165) is 24.5 Å². The van der Waals surface area contributed by atoms with Gasteiger partial charge in [-0.05, 0) is 26.0 Å². The zero-order chi connectivity index (χ0) is 12.4. The third-order valence-corrected chi connectivity index (χ3v) is 3.01. The summed E-state index contributed by atoms with van der Waals surface area (Å²) >= 11 is 4.90. The van der Waals surface area contributed by atoms with E-state index in [-0.39, 0.29) is 12.2 Å². The molecule has 0 amide bonds. The van der Waals surface area contributed by atoms with Gasteiger partial charge in [-0.1, -0.05) is 12.2 Å². The summed E-state index contributed by atoms with van der Waals surface area (Å²) in [5, 5.41) is 0. The predicted molar refractivity (Wildman–Crippen MR) is 72.3 cm³/mol. The fourth-order valence-electron chi connectivity index (χ4n) is 2.08. The van der Waals surface area contributed by atoms with Crippen LogP contribution >= 0.6 is 12.2 Å². The summed E-state index contributed by atoms with van der Waals surface area (Å²) in [6.45, 7) is 5.88. The molecule has 0 aliphatic carbocycles. The Bertz CT molecular complexity index is 397. The van der Waals surface area contributed by atoms with Gasteiger partial charge in [0, 0.05) is 24.8 Å². The topological polar surface area (TPSA) is 51.4 Å². The number of thiocarbonyl (C=S) groups is 1. The first-order chi connectivity index (χ1) is 8.06. The Morgan fingerprint density at radius 1 is 1.41 bits per heavy atom. The van der Waals surface area contributed by atoms with Crippen molar-refractivity contribution in [2.24, 2.45) is 5.73 Å². The lowest BCUT2D eigenvalue weighted by molar-refractivity contribution is -0.00545. The summed E-state index contributed by atoms with van der Waals surface area (Å²) in [5.74, 6) is 0.951. The van der Waals surface area contributed by atoms with Crippen molar-refractivity contribution >= 4 is 23.0 Å². The maximum absolute atomic E-state index is 5.69. The van der Waals surface area contributed by atoms with Crippen LogP contribution in [0.15, 0.2) is 18.3 Å². The van der Waals surface area contributed by atoms with Gasteiger partial charge in [0.05, 0.1) is 12.2 Å². The fraction of sp³-hybridized carbons (Fsp3) is 0.500. The molecule has 2 rings (SSSR count). The van der Waals surface area contributed by atoms with Crippen molar-refractivity contribution in [3.8, 4) is 0 Å². The second kappa shape index (κ2) is 4.98. The third-order valence-electron chi connectivity index (χ3n) is 2.78. The van der Waals surface area contributed by atoms with Gasteiger partial charge in [-0.3, -0.25) is 0 Å². The van der Waals surface area contributed by atoms with E-state index in [1.807, 2.05) is 12.1 Å². The number of anilines is 1. The number of morpholine rings is 1. The van der Waals surface area contributed by atoms with Crippen LogP contribution < -0.4 is 10.6 Å². The van der Waals surface area contributed by atoms with E-state index in [4.69, 9.17) is 22.7 Å². The maximum Gasteiger partial charge on any atom is 0.128 e. The predicted octanol–water partition coefficient (Wildman–Crippen LogP) is 1.33. The van der Waals surface area contributed by atoms with Crippen molar-refractivity contribution in [1.82, 2.24) is 4.98 Å². The standard InChI is InChI=1S/C12H17N3OS/c1-8-6-15(7-9(2)16-8)11-4-3-10(5-14-11)12(13)17/h3-5,8-9H,6-7H2,1-2H3,(H2,13,17)/t8-,9+. The van der Waals surface area contributed by atoms with Crippen LogP contribution in [0.5, 0.6) is 0 Å². The lowest BCUT2D eigenvalue weighted by Crippen LogP contribution is -2.45. The number of nitrogens with zero attached hydrogens (tertiary/aromatic N) is 2. The second-order valence-electron chi connectivity index (χ2n) is 4.43. The Labute approximate surface area is 107 Å². The zero-order valence-electron chi connectivity index (χ0n) is 10.1. The van der Waals surface area contributed by atoms with Crippen LogP contribution in [0, 0.1) is 0 Å². The van der Waals surface area contributed by atoms with Crippen molar-refractivity contribution in [2.75, 3.05) is 18.0 Å². The Morgan fingerprint density at radius 3 is 2.53 bits per heavy atom. The number of nitrogens with two attached hydrogens (primary N) is 1.